The molecular formula is C19H19N3O3. The Labute approximate surface area is 146 Å². The first-order valence-electron chi connectivity index (χ1n) is 7.84. The third-order valence-corrected chi connectivity index (χ3v) is 3.85. The normalized spacial score (nSPS) is 10.5. The average Bonchev–Trinajstić information content (AvgIpc) is 3.08. The largest absolute Gasteiger partial charge is 0.493 e. The smallest absolute Gasteiger partial charge is 0.169 e. The molecule has 3 rings (SSSR count). The summed E-state index contributed by atoms with van der Waals surface area (Å²) in [6.45, 7) is 0.695. The molecule has 0 radical (unpaired) electrons. The minimum Gasteiger partial charge on any atom is -0.493 e. The fourth-order valence-electron chi connectivity index (χ4n) is 2.56. The molecule has 3 aromatic rings. The van der Waals surface area contributed by atoms with Gasteiger partial charge in [-0.25, -0.2) is 4.98 Å². The molecule has 1 aromatic carbocycles. The van der Waals surface area contributed by atoms with Crippen LogP contribution in [0.4, 0.5) is 0 Å². The fraction of sp³-hybridized carbons (Fsp3) is 0.211. The van der Waals surface area contributed by atoms with E-state index in [4.69, 9.17) is 9.47 Å². The van der Waals surface area contributed by atoms with Gasteiger partial charge < -0.3 is 14.0 Å². The highest BCUT2D eigenvalue weighted by Crippen LogP contribution is 2.28. The van der Waals surface area contributed by atoms with Crippen molar-refractivity contribution < 1.29 is 14.3 Å². The number of hydrogen-bond donors (Lipinski definition) is 0. The summed E-state index contributed by atoms with van der Waals surface area (Å²) < 4.78 is 12.4. The van der Waals surface area contributed by atoms with E-state index in [1.54, 1.807) is 51.1 Å². The van der Waals surface area contributed by atoms with Crippen molar-refractivity contribution >= 4 is 5.78 Å². The second kappa shape index (κ2) is 7.61. The Morgan fingerprint density at radius 2 is 1.84 bits per heavy atom. The maximum absolute atomic E-state index is 12.5. The highest BCUT2D eigenvalue weighted by atomic mass is 16.5. The molecule has 2 aromatic heterocycles. The molecule has 0 spiro atoms. The number of hydrogen-bond acceptors (Lipinski definition) is 5. The van der Waals surface area contributed by atoms with Crippen molar-refractivity contribution in [2.24, 2.45) is 0 Å². The molecule has 0 aliphatic carbocycles. The molecule has 0 N–H and O–H groups in total. The standard InChI is InChI=1S/C19H19N3O3/c1-24-18-4-3-15(9-19(18)25-2)17(23)10-16-12-22(13-21-16)11-14-5-7-20-8-6-14/h3-9,12-13H,10-11H2,1-2H3. The Hall–Kier alpha value is -3.15. The molecule has 0 unspecified atom stereocenters. The molecule has 0 saturated heterocycles. The van der Waals surface area contributed by atoms with Crippen molar-refractivity contribution in [1.82, 2.24) is 14.5 Å². The number of ether oxygens (including phenoxy) is 2. The number of carbonyl (C=O) groups is 1. The van der Waals surface area contributed by atoms with Crippen molar-refractivity contribution in [3.8, 4) is 11.5 Å². The van der Waals surface area contributed by atoms with Gasteiger partial charge >= 0.3 is 0 Å². The van der Waals surface area contributed by atoms with E-state index in [9.17, 15) is 4.79 Å². The van der Waals surface area contributed by atoms with Crippen LogP contribution >= 0.6 is 0 Å². The van der Waals surface area contributed by atoms with Crippen molar-refractivity contribution in [3.63, 3.8) is 0 Å². The number of carbonyl (C=O) groups excluding carboxylic acids is 1. The van der Waals surface area contributed by atoms with Gasteiger partial charge in [0.2, 0.25) is 0 Å². The maximum Gasteiger partial charge on any atom is 0.169 e. The number of pyridine rings is 1. The fourth-order valence-corrected chi connectivity index (χ4v) is 2.56. The molecular weight excluding hydrogens is 318 g/mol. The summed E-state index contributed by atoms with van der Waals surface area (Å²) >= 11 is 0. The van der Waals surface area contributed by atoms with E-state index in [1.807, 2.05) is 22.9 Å². The number of rotatable bonds is 7. The number of methoxy groups -OCH3 is 2. The van der Waals surface area contributed by atoms with Crippen LogP contribution in [0.1, 0.15) is 21.6 Å². The van der Waals surface area contributed by atoms with Gasteiger partial charge in [-0.3, -0.25) is 9.78 Å². The van der Waals surface area contributed by atoms with Crippen LogP contribution in [0.25, 0.3) is 0 Å². The first-order valence-corrected chi connectivity index (χ1v) is 7.84. The lowest BCUT2D eigenvalue weighted by Gasteiger charge is -2.08. The second-order valence-electron chi connectivity index (χ2n) is 5.56. The summed E-state index contributed by atoms with van der Waals surface area (Å²) in [6, 6.07) is 9.06. The molecule has 0 saturated carbocycles. The molecule has 0 amide bonds. The van der Waals surface area contributed by atoms with E-state index < -0.39 is 0 Å². The quantitative estimate of drug-likeness (QED) is 0.620. The lowest BCUT2D eigenvalue weighted by Crippen LogP contribution is -2.05. The van der Waals surface area contributed by atoms with Crippen molar-refractivity contribution in [2.45, 2.75) is 13.0 Å². The molecule has 128 valence electrons. The molecule has 25 heavy (non-hydrogen) atoms. The zero-order chi connectivity index (χ0) is 17.6. The summed E-state index contributed by atoms with van der Waals surface area (Å²) in [5.74, 6) is 1.12. The van der Waals surface area contributed by atoms with Crippen LogP contribution in [0.5, 0.6) is 11.5 Å². The molecule has 0 aliphatic rings. The number of aromatic nitrogens is 3. The number of Topliss-reactive ketones (excluding diaryl/α,β-unsaturated/α-hetero) is 1. The minimum absolute atomic E-state index is 0.0184. The second-order valence-corrected chi connectivity index (χ2v) is 5.56. The van der Waals surface area contributed by atoms with Gasteiger partial charge in [-0.2, -0.15) is 0 Å². The van der Waals surface area contributed by atoms with Crippen LogP contribution in [-0.2, 0) is 13.0 Å². The number of nitrogens with zero attached hydrogens (tertiary/aromatic N) is 3. The number of ketones is 1. The van der Waals surface area contributed by atoms with E-state index in [-0.39, 0.29) is 12.2 Å². The van der Waals surface area contributed by atoms with Gasteiger partial charge in [0.25, 0.3) is 0 Å². The van der Waals surface area contributed by atoms with Gasteiger partial charge in [-0.1, -0.05) is 0 Å². The zero-order valence-corrected chi connectivity index (χ0v) is 14.2. The van der Waals surface area contributed by atoms with E-state index in [1.165, 1.54) is 0 Å². The zero-order valence-electron chi connectivity index (χ0n) is 14.2. The average molecular weight is 337 g/mol. The van der Waals surface area contributed by atoms with Gasteiger partial charge in [-0.05, 0) is 35.9 Å². The molecule has 0 fully saturated rings. The topological polar surface area (TPSA) is 66.2 Å². The minimum atomic E-state index is -0.0184. The van der Waals surface area contributed by atoms with Gasteiger partial charge in [0.05, 0.1) is 32.7 Å². The van der Waals surface area contributed by atoms with Crippen molar-refractivity contribution in [3.05, 3.63) is 72.1 Å². The number of benzene rings is 1. The Kier molecular flexibility index (Phi) is 5.09. The molecule has 0 atom stereocenters. The molecule has 2 heterocycles. The van der Waals surface area contributed by atoms with Crippen molar-refractivity contribution in [2.75, 3.05) is 14.2 Å². The molecule has 6 heteroatoms. The summed E-state index contributed by atoms with van der Waals surface area (Å²) in [4.78, 5) is 20.8. The summed E-state index contributed by atoms with van der Waals surface area (Å²) in [5, 5.41) is 0. The van der Waals surface area contributed by atoms with E-state index in [0.29, 0.717) is 23.6 Å². The molecule has 0 aliphatic heterocycles. The first-order chi connectivity index (χ1) is 12.2. The Bertz CT molecular complexity index is 859. The molecule has 0 bridgehead atoms. The summed E-state index contributed by atoms with van der Waals surface area (Å²) in [7, 11) is 3.11. The Morgan fingerprint density at radius 3 is 2.56 bits per heavy atom. The third kappa shape index (κ3) is 4.03. The predicted molar refractivity (Wildman–Crippen MR) is 93.1 cm³/mol. The van der Waals surface area contributed by atoms with Crippen LogP contribution in [0.15, 0.2) is 55.2 Å². The first kappa shape index (κ1) is 16.7. The Morgan fingerprint density at radius 1 is 1.08 bits per heavy atom. The van der Waals surface area contributed by atoms with Crippen LogP contribution < -0.4 is 9.47 Å². The van der Waals surface area contributed by atoms with Gasteiger partial charge in [-0.15, -0.1) is 0 Å². The summed E-state index contributed by atoms with van der Waals surface area (Å²) in [5.41, 5.74) is 2.43. The number of imidazole rings is 1. The monoisotopic (exact) mass is 337 g/mol. The van der Waals surface area contributed by atoms with E-state index >= 15 is 0 Å². The molecule has 6 nitrogen and oxygen atoms in total. The van der Waals surface area contributed by atoms with E-state index in [2.05, 4.69) is 9.97 Å². The third-order valence-electron chi connectivity index (χ3n) is 3.85. The van der Waals surface area contributed by atoms with Crippen molar-refractivity contribution in [1.29, 1.82) is 0 Å². The van der Waals surface area contributed by atoms with Crippen LogP contribution in [-0.4, -0.2) is 34.5 Å². The van der Waals surface area contributed by atoms with Gasteiger partial charge in [0, 0.05) is 30.7 Å². The van der Waals surface area contributed by atoms with Gasteiger partial charge in [0.15, 0.2) is 17.3 Å². The Balaban J connectivity index is 1.69. The predicted octanol–water partition coefficient (Wildman–Crippen LogP) is 2.77. The van der Waals surface area contributed by atoms with Crippen LogP contribution in [0.3, 0.4) is 0 Å². The lowest BCUT2D eigenvalue weighted by atomic mass is 10.1. The van der Waals surface area contributed by atoms with E-state index in [0.717, 1.165) is 11.3 Å². The SMILES string of the molecule is COc1ccc(C(=O)Cc2cn(Cc3ccncc3)cn2)cc1OC. The highest BCUT2D eigenvalue weighted by molar-refractivity contribution is 5.97. The summed E-state index contributed by atoms with van der Waals surface area (Å²) in [6.07, 6.45) is 7.37. The highest BCUT2D eigenvalue weighted by Gasteiger charge is 2.13. The van der Waals surface area contributed by atoms with Gasteiger partial charge in [0.1, 0.15) is 0 Å². The lowest BCUT2D eigenvalue weighted by molar-refractivity contribution is 0.0991. The van der Waals surface area contributed by atoms with Crippen LogP contribution in [0.2, 0.25) is 0 Å². The maximum atomic E-state index is 12.5. The van der Waals surface area contributed by atoms with Crippen LogP contribution in [0, 0.1) is 0 Å².